The van der Waals surface area contributed by atoms with E-state index in [0.29, 0.717) is 18.3 Å². The van der Waals surface area contributed by atoms with Gasteiger partial charge in [0.25, 0.3) is 0 Å². The monoisotopic (exact) mass is 332 g/mol. The number of halogens is 1. The number of para-hydroxylation sites is 1. The summed E-state index contributed by atoms with van der Waals surface area (Å²) in [5.74, 6) is 2.09. The van der Waals surface area contributed by atoms with Crippen LogP contribution < -0.4 is 4.90 Å². The molecule has 0 aliphatic rings. The SMILES string of the molecule is Cc1nc(CN(C)c2ccc3cccc(Br)c3n2)no1. The van der Waals surface area contributed by atoms with Crippen LogP contribution in [0.1, 0.15) is 11.7 Å². The van der Waals surface area contributed by atoms with Gasteiger partial charge in [0.1, 0.15) is 5.82 Å². The van der Waals surface area contributed by atoms with E-state index < -0.39 is 0 Å². The molecule has 102 valence electrons. The summed E-state index contributed by atoms with van der Waals surface area (Å²) in [4.78, 5) is 10.9. The zero-order chi connectivity index (χ0) is 14.1. The van der Waals surface area contributed by atoms with Crippen molar-refractivity contribution in [1.29, 1.82) is 0 Å². The summed E-state index contributed by atoms with van der Waals surface area (Å²) in [5.41, 5.74) is 0.946. The van der Waals surface area contributed by atoms with Crippen molar-refractivity contribution in [2.75, 3.05) is 11.9 Å². The highest BCUT2D eigenvalue weighted by atomic mass is 79.9. The van der Waals surface area contributed by atoms with E-state index in [1.807, 2.05) is 36.2 Å². The van der Waals surface area contributed by atoms with Gasteiger partial charge in [-0.3, -0.25) is 0 Å². The van der Waals surface area contributed by atoms with Crippen molar-refractivity contribution in [1.82, 2.24) is 15.1 Å². The van der Waals surface area contributed by atoms with Crippen molar-refractivity contribution in [2.24, 2.45) is 0 Å². The Morgan fingerprint density at radius 2 is 2.05 bits per heavy atom. The van der Waals surface area contributed by atoms with Crippen LogP contribution in [-0.4, -0.2) is 22.2 Å². The predicted octanol–water partition coefficient (Wildman–Crippen LogP) is 3.33. The molecule has 20 heavy (non-hydrogen) atoms. The van der Waals surface area contributed by atoms with Gasteiger partial charge in [-0.25, -0.2) is 4.98 Å². The molecule has 0 unspecified atom stereocenters. The lowest BCUT2D eigenvalue weighted by molar-refractivity contribution is 0.387. The maximum Gasteiger partial charge on any atom is 0.223 e. The first-order valence-electron chi connectivity index (χ1n) is 6.19. The van der Waals surface area contributed by atoms with Crippen LogP contribution >= 0.6 is 15.9 Å². The van der Waals surface area contributed by atoms with Crippen molar-refractivity contribution in [3.8, 4) is 0 Å². The number of rotatable bonds is 3. The quantitative estimate of drug-likeness (QED) is 0.736. The van der Waals surface area contributed by atoms with E-state index in [1.54, 1.807) is 6.92 Å². The van der Waals surface area contributed by atoms with Crippen molar-refractivity contribution < 1.29 is 4.52 Å². The molecule has 1 aromatic carbocycles. The first-order chi connectivity index (χ1) is 9.63. The minimum Gasteiger partial charge on any atom is -0.352 e. The normalized spacial score (nSPS) is 10.9. The number of anilines is 1. The number of fused-ring (bicyclic) bond motifs is 1. The van der Waals surface area contributed by atoms with Gasteiger partial charge in [-0.2, -0.15) is 4.98 Å². The van der Waals surface area contributed by atoms with Crippen LogP contribution in [0, 0.1) is 6.92 Å². The summed E-state index contributed by atoms with van der Waals surface area (Å²) >= 11 is 3.53. The predicted molar refractivity (Wildman–Crippen MR) is 80.6 cm³/mol. The van der Waals surface area contributed by atoms with Crippen LogP contribution in [0.3, 0.4) is 0 Å². The Balaban J connectivity index is 1.91. The van der Waals surface area contributed by atoms with E-state index in [9.17, 15) is 0 Å². The van der Waals surface area contributed by atoms with Crippen LogP contribution in [0.15, 0.2) is 39.3 Å². The largest absolute Gasteiger partial charge is 0.352 e. The highest BCUT2D eigenvalue weighted by Gasteiger charge is 2.10. The minimum absolute atomic E-state index is 0.556. The molecule has 0 atom stereocenters. The van der Waals surface area contributed by atoms with Crippen molar-refractivity contribution in [2.45, 2.75) is 13.5 Å². The van der Waals surface area contributed by atoms with E-state index in [1.165, 1.54) is 0 Å². The van der Waals surface area contributed by atoms with Gasteiger partial charge in [-0.15, -0.1) is 0 Å². The van der Waals surface area contributed by atoms with Gasteiger partial charge in [0.05, 0.1) is 12.1 Å². The molecule has 2 heterocycles. The van der Waals surface area contributed by atoms with Gasteiger partial charge in [-0.1, -0.05) is 17.3 Å². The molecule has 0 N–H and O–H groups in total. The van der Waals surface area contributed by atoms with E-state index in [0.717, 1.165) is 21.2 Å². The minimum atomic E-state index is 0.556. The maximum atomic E-state index is 4.97. The van der Waals surface area contributed by atoms with E-state index in [-0.39, 0.29) is 0 Å². The zero-order valence-electron chi connectivity index (χ0n) is 11.2. The smallest absolute Gasteiger partial charge is 0.223 e. The Bertz CT molecular complexity index is 756. The lowest BCUT2D eigenvalue weighted by Gasteiger charge is -2.16. The molecule has 0 amide bonds. The first-order valence-corrected chi connectivity index (χ1v) is 6.98. The summed E-state index contributed by atoms with van der Waals surface area (Å²) in [6.45, 7) is 2.34. The highest BCUT2D eigenvalue weighted by Crippen LogP contribution is 2.24. The van der Waals surface area contributed by atoms with Crippen LogP contribution in [0.25, 0.3) is 10.9 Å². The number of nitrogens with zero attached hydrogens (tertiary/aromatic N) is 4. The second-order valence-corrected chi connectivity index (χ2v) is 5.42. The van der Waals surface area contributed by atoms with Crippen molar-refractivity contribution in [3.05, 3.63) is 46.5 Å². The summed E-state index contributed by atoms with van der Waals surface area (Å²) < 4.78 is 5.96. The molecule has 3 rings (SSSR count). The number of aryl methyl sites for hydroxylation is 1. The summed E-state index contributed by atoms with van der Waals surface area (Å²) in [5, 5.41) is 5.00. The molecule has 0 aliphatic heterocycles. The number of hydrogen-bond donors (Lipinski definition) is 0. The molecule has 3 aromatic rings. The summed E-state index contributed by atoms with van der Waals surface area (Å²) in [7, 11) is 1.96. The van der Waals surface area contributed by atoms with E-state index in [2.05, 4.69) is 37.1 Å². The Labute approximate surface area is 124 Å². The lowest BCUT2D eigenvalue weighted by atomic mass is 10.2. The molecule has 0 spiro atoms. The second-order valence-electron chi connectivity index (χ2n) is 4.57. The van der Waals surface area contributed by atoms with Crippen LogP contribution in [-0.2, 0) is 6.54 Å². The number of pyridine rings is 1. The average Bonchev–Trinajstić information content (AvgIpc) is 2.84. The third kappa shape index (κ3) is 2.51. The third-order valence-corrected chi connectivity index (χ3v) is 3.64. The molecule has 0 bridgehead atoms. The zero-order valence-corrected chi connectivity index (χ0v) is 12.8. The average molecular weight is 333 g/mol. The maximum absolute atomic E-state index is 4.97. The van der Waals surface area contributed by atoms with Gasteiger partial charge >= 0.3 is 0 Å². The fourth-order valence-corrected chi connectivity index (χ4v) is 2.48. The second kappa shape index (κ2) is 5.20. The van der Waals surface area contributed by atoms with Gasteiger partial charge in [0.2, 0.25) is 5.89 Å². The first kappa shape index (κ1) is 13.1. The van der Waals surface area contributed by atoms with E-state index in [4.69, 9.17) is 4.52 Å². The van der Waals surface area contributed by atoms with Gasteiger partial charge in [0.15, 0.2) is 5.82 Å². The molecular formula is C14H13BrN4O. The van der Waals surface area contributed by atoms with Crippen molar-refractivity contribution in [3.63, 3.8) is 0 Å². The van der Waals surface area contributed by atoms with Crippen molar-refractivity contribution >= 4 is 32.7 Å². The molecule has 0 radical (unpaired) electrons. The van der Waals surface area contributed by atoms with Crippen LogP contribution in [0.5, 0.6) is 0 Å². The van der Waals surface area contributed by atoms with Gasteiger partial charge < -0.3 is 9.42 Å². The molecular weight excluding hydrogens is 320 g/mol. The number of aromatic nitrogens is 3. The summed E-state index contributed by atoms with van der Waals surface area (Å²) in [6.07, 6.45) is 0. The Hall–Kier alpha value is -1.95. The molecule has 0 saturated carbocycles. The molecule has 0 aliphatic carbocycles. The van der Waals surface area contributed by atoms with Gasteiger partial charge in [-0.05, 0) is 34.1 Å². The van der Waals surface area contributed by atoms with Gasteiger partial charge in [0, 0.05) is 23.8 Å². The Kier molecular flexibility index (Phi) is 3.40. The molecule has 0 fully saturated rings. The molecule has 5 nitrogen and oxygen atoms in total. The highest BCUT2D eigenvalue weighted by molar-refractivity contribution is 9.10. The fourth-order valence-electron chi connectivity index (χ4n) is 2.01. The number of hydrogen-bond acceptors (Lipinski definition) is 5. The Morgan fingerprint density at radius 1 is 1.20 bits per heavy atom. The fraction of sp³-hybridized carbons (Fsp3) is 0.214. The van der Waals surface area contributed by atoms with Crippen LogP contribution in [0.4, 0.5) is 5.82 Å². The summed E-state index contributed by atoms with van der Waals surface area (Å²) in [6, 6.07) is 10.1. The lowest BCUT2D eigenvalue weighted by Crippen LogP contribution is -2.18. The standard InChI is InChI=1S/C14H13BrN4O/c1-9-16-12(18-20-9)8-19(2)13-7-6-10-4-3-5-11(15)14(10)17-13/h3-7H,8H2,1-2H3. The molecule has 6 heteroatoms. The topological polar surface area (TPSA) is 55.1 Å². The third-order valence-electron chi connectivity index (χ3n) is 3.00. The Morgan fingerprint density at radius 3 is 2.80 bits per heavy atom. The van der Waals surface area contributed by atoms with E-state index >= 15 is 0 Å². The molecule has 2 aromatic heterocycles. The molecule has 0 saturated heterocycles. The number of benzene rings is 1. The van der Waals surface area contributed by atoms with Crippen LogP contribution in [0.2, 0.25) is 0 Å².